The van der Waals surface area contributed by atoms with Crippen LogP contribution in [0.4, 0.5) is 18.9 Å². The molecule has 1 amide bonds. The summed E-state index contributed by atoms with van der Waals surface area (Å²) < 4.78 is 65.8. The van der Waals surface area contributed by atoms with Gasteiger partial charge in [-0.3, -0.25) is 4.79 Å². The van der Waals surface area contributed by atoms with Crippen molar-refractivity contribution in [2.75, 3.05) is 5.32 Å². The van der Waals surface area contributed by atoms with Gasteiger partial charge in [0.1, 0.15) is 12.2 Å². The number of hydrogen-bond donors (Lipinski definition) is 5. The molecule has 1 aliphatic rings. The molecule has 8 nitrogen and oxygen atoms in total. The number of carbonyl (C=O) groups excluding carboxylic acids is 1. The van der Waals surface area contributed by atoms with Crippen molar-refractivity contribution in [2.45, 2.75) is 30.2 Å². The van der Waals surface area contributed by atoms with Crippen molar-refractivity contribution in [3.63, 3.8) is 0 Å². The maximum atomic E-state index is 12.8. The molecule has 2 unspecified atom stereocenters. The predicted molar refractivity (Wildman–Crippen MR) is 98.6 cm³/mol. The van der Waals surface area contributed by atoms with Crippen molar-refractivity contribution in [1.82, 2.24) is 21.1 Å². The van der Waals surface area contributed by atoms with Gasteiger partial charge >= 0.3 is 6.18 Å². The van der Waals surface area contributed by atoms with Crippen molar-refractivity contribution in [1.29, 1.82) is 0 Å². The summed E-state index contributed by atoms with van der Waals surface area (Å²) in [5.74, 6) is -0.738. The number of sulfonamides is 1. The van der Waals surface area contributed by atoms with E-state index in [1.165, 1.54) is 18.2 Å². The van der Waals surface area contributed by atoms with E-state index in [1.807, 2.05) is 6.92 Å². The van der Waals surface area contributed by atoms with Crippen LogP contribution in [0.2, 0.25) is 0 Å². The van der Waals surface area contributed by atoms with E-state index in [0.29, 0.717) is 0 Å². The number of halogens is 3. The topological polar surface area (TPSA) is 111 Å². The highest BCUT2D eigenvalue weighted by atomic mass is 32.2. The second-order valence-corrected chi connectivity index (χ2v) is 8.09. The number of aryl methyl sites for hydroxylation is 1. The van der Waals surface area contributed by atoms with E-state index in [-0.39, 0.29) is 10.6 Å². The quantitative estimate of drug-likeness (QED) is 0.489. The van der Waals surface area contributed by atoms with Gasteiger partial charge in [0.05, 0.1) is 10.5 Å². The molecule has 1 saturated heterocycles. The fourth-order valence-electron chi connectivity index (χ4n) is 2.62. The summed E-state index contributed by atoms with van der Waals surface area (Å²) in [7, 11) is -3.95. The van der Waals surface area contributed by atoms with Crippen LogP contribution in [0.3, 0.4) is 0 Å². The normalized spacial score (nSPS) is 19.9. The Labute approximate surface area is 164 Å². The van der Waals surface area contributed by atoms with Gasteiger partial charge < -0.3 is 5.32 Å². The molecule has 0 saturated carbocycles. The average molecular weight is 429 g/mol. The largest absolute Gasteiger partial charge is 0.416 e. The third-order valence-electron chi connectivity index (χ3n) is 4.14. The van der Waals surface area contributed by atoms with Crippen LogP contribution in [0.5, 0.6) is 0 Å². The van der Waals surface area contributed by atoms with E-state index in [4.69, 9.17) is 0 Å². The zero-order valence-electron chi connectivity index (χ0n) is 15.0. The van der Waals surface area contributed by atoms with Crippen molar-refractivity contribution in [3.05, 3.63) is 59.7 Å². The molecule has 5 N–H and O–H groups in total. The van der Waals surface area contributed by atoms with Crippen LogP contribution in [0.1, 0.15) is 11.1 Å². The van der Waals surface area contributed by atoms with Crippen LogP contribution in [0, 0.1) is 6.92 Å². The van der Waals surface area contributed by atoms with Crippen LogP contribution in [0.25, 0.3) is 0 Å². The lowest BCUT2D eigenvalue weighted by Crippen LogP contribution is -2.53. The third kappa shape index (κ3) is 5.10. The summed E-state index contributed by atoms with van der Waals surface area (Å²) in [6, 6.07) is 9.10. The lowest BCUT2D eigenvalue weighted by molar-refractivity contribution is -0.137. The highest BCUT2D eigenvalue weighted by molar-refractivity contribution is 7.89. The smallest absolute Gasteiger partial charge is 0.325 e. The Morgan fingerprint density at radius 3 is 2.41 bits per heavy atom. The van der Waals surface area contributed by atoms with Gasteiger partial charge in [0, 0.05) is 5.69 Å². The van der Waals surface area contributed by atoms with Crippen molar-refractivity contribution < 1.29 is 26.4 Å². The van der Waals surface area contributed by atoms with Gasteiger partial charge in [0.15, 0.2) is 0 Å². The molecule has 0 aliphatic carbocycles. The molecule has 0 bridgehead atoms. The number of nitrogens with one attached hydrogen (secondary N) is 5. The van der Waals surface area contributed by atoms with E-state index < -0.39 is 39.9 Å². The van der Waals surface area contributed by atoms with Gasteiger partial charge in [0.25, 0.3) is 0 Å². The standard InChI is InChI=1S/C17H18F3N5O3S/c1-10-5-7-13(8-6-10)29(27,28)24-15-14(22-25-23-15)16(26)21-12-4-2-3-11(9-12)17(18,19)20/h2-9,14-15,22-25H,1H3,(H,21,26). The number of rotatable bonds is 5. The summed E-state index contributed by atoms with van der Waals surface area (Å²) in [6.07, 6.45) is -5.64. The van der Waals surface area contributed by atoms with Crippen molar-refractivity contribution >= 4 is 21.6 Å². The van der Waals surface area contributed by atoms with Crippen LogP contribution >= 0.6 is 0 Å². The summed E-state index contributed by atoms with van der Waals surface area (Å²) in [5, 5.41) is 2.34. The van der Waals surface area contributed by atoms with Crippen LogP contribution in [-0.4, -0.2) is 26.5 Å². The van der Waals surface area contributed by atoms with E-state index in [1.54, 1.807) is 12.1 Å². The van der Waals surface area contributed by atoms with Crippen LogP contribution < -0.4 is 26.4 Å². The van der Waals surface area contributed by atoms with Gasteiger partial charge in [-0.25, -0.2) is 19.3 Å². The minimum atomic E-state index is -4.55. The van der Waals surface area contributed by atoms with Crippen molar-refractivity contribution in [2.24, 2.45) is 0 Å². The Kier molecular flexibility index (Phi) is 5.91. The van der Waals surface area contributed by atoms with Gasteiger partial charge in [-0.15, -0.1) is 0 Å². The number of amides is 1. The second-order valence-electron chi connectivity index (χ2n) is 6.37. The Morgan fingerprint density at radius 1 is 1.07 bits per heavy atom. The van der Waals surface area contributed by atoms with Gasteiger partial charge in [0.2, 0.25) is 15.9 Å². The fraction of sp³-hybridized carbons (Fsp3) is 0.235. The number of alkyl halides is 3. The molecule has 2 aromatic rings. The Bertz CT molecular complexity index is 996. The summed E-state index contributed by atoms with van der Waals surface area (Å²) in [5.41, 5.74) is 7.42. The first kappa shape index (κ1) is 21.2. The van der Waals surface area contributed by atoms with E-state index >= 15 is 0 Å². The molecule has 3 rings (SSSR count). The highest BCUT2D eigenvalue weighted by Crippen LogP contribution is 2.30. The lowest BCUT2D eigenvalue weighted by Gasteiger charge is -2.19. The van der Waals surface area contributed by atoms with Gasteiger partial charge in [-0.05, 0) is 37.3 Å². The molecule has 29 heavy (non-hydrogen) atoms. The molecule has 0 radical (unpaired) electrons. The number of hydrazine groups is 2. The molecule has 12 heteroatoms. The minimum Gasteiger partial charge on any atom is -0.325 e. The molecule has 1 heterocycles. The van der Waals surface area contributed by atoms with Crippen LogP contribution in [0.15, 0.2) is 53.4 Å². The van der Waals surface area contributed by atoms with Gasteiger partial charge in [-0.1, -0.05) is 23.8 Å². The Hall–Kier alpha value is -2.51. The van der Waals surface area contributed by atoms with E-state index in [0.717, 1.165) is 23.8 Å². The maximum absolute atomic E-state index is 12.8. The van der Waals surface area contributed by atoms with Crippen molar-refractivity contribution in [3.8, 4) is 0 Å². The van der Waals surface area contributed by atoms with E-state index in [9.17, 15) is 26.4 Å². The first-order valence-corrected chi connectivity index (χ1v) is 9.88. The molecule has 0 spiro atoms. The molecular formula is C17H18F3N5O3S. The summed E-state index contributed by atoms with van der Waals surface area (Å²) in [4.78, 5) is 12.5. The van der Waals surface area contributed by atoms with Crippen LogP contribution in [-0.2, 0) is 21.0 Å². The first-order chi connectivity index (χ1) is 13.6. The zero-order valence-corrected chi connectivity index (χ0v) is 15.9. The number of hydrogen-bond acceptors (Lipinski definition) is 6. The summed E-state index contributed by atoms with van der Waals surface area (Å²) in [6.45, 7) is 1.81. The zero-order chi connectivity index (χ0) is 21.2. The minimum absolute atomic E-state index is 0.00818. The summed E-state index contributed by atoms with van der Waals surface area (Å²) >= 11 is 0. The highest BCUT2D eigenvalue weighted by Gasteiger charge is 2.36. The number of anilines is 1. The SMILES string of the molecule is Cc1ccc(S(=O)(=O)NC2NNNC2C(=O)Nc2cccc(C(F)(F)F)c2)cc1. The fourth-order valence-corrected chi connectivity index (χ4v) is 3.78. The molecule has 1 fully saturated rings. The third-order valence-corrected chi connectivity index (χ3v) is 5.60. The van der Waals surface area contributed by atoms with Gasteiger partial charge in [-0.2, -0.15) is 23.4 Å². The maximum Gasteiger partial charge on any atom is 0.416 e. The molecule has 0 aromatic heterocycles. The van der Waals surface area contributed by atoms with E-state index in [2.05, 4.69) is 26.4 Å². The molecule has 156 valence electrons. The number of benzene rings is 2. The Balaban J connectivity index is 1.72. The molecule has 2 aromatic carbocycles. The monoisotopic (exact) mass is 429 g/mol. The molecule has 1 aliphatic heterocycles. The second kappa shape index (κ2) is 8.08. The average Bonchev–Trinajstić information content (AvgIpc) is 3.09. The lowest BCUT2D eigenvalue weighted by atomic mass is 10.1. The molecule has 2 atom stereocenters. The number of carbonyl (C=O) groups is 1. The molecular weight excluding hydrogens is 411 g/mol. The first-order valence-electron chi connectivity index (χ1n) is 8.39. The predicted octanol–water partition coefficient (Wildman–Crippen LogP) is 1.24. The Morgan fingerprint density at radius 2 is 1.76 bits per heavy atom.